The van der Waals surface area contributed by atoms with Gasteiger partial charge in [-0.05, 0) is 12.8 Å². The lowest BCUT2D eigenvalue weighted by molar-refractivity contribution is 0.588. The van der Waals surface area contributed by atoms with Gasteiger partial charge in [0.15, 0.2) is 10.3 Å². The molecule has 9 heteroatoms. The van der Waals surface area contributed by atoms with Gasteiger partial charge < -0.3 is 23.2 Å². The van der Waals surface area contributed by atoms with Crippen LogP contribution in [0.25, 0.3) is 0 Å². The highest BCUT2D eigenvalue weighted by molar-refractivity contribution is 14.0. The molecule has 0 aliphatic carbocycles. The van der Waals surface area contributed by atoms with Crippen molar-refractivity contribution in [3.05, 3.63) is 0 Å². The monoisotopic (exact) mass is 448 g/mol. The predicted octanol–water partition coefficient (Wildman–Crippen LogP) is 2.57. The largest absolute Gasteiger partial charge is 0.377 e. The second kappa shape index (κ2) is 18.0. The fourth-order valence-corrected chi connectivity index (χ4v) is 2.96. The molecule has 0 spiro atoms. The topological polar surface area (TPSA) is 129 Å². The van der Waals surface area contributed by atoms with E-state index in [1.54, 1.807) is 0 Å². The van der Waals surface area contributed by atoms with Gasteiger partial charge in [0.25, 0.3) is 0 Å². The van der Waals surface area contributed by atoms with E-state index in [2.05, 4.69) is 10.2 Å². The Morgan fingerprint density at radius 3 is 1.19 bits per heavy atom. The molecule has 0 fully saturated rings. The first kappa shape index (κ1) is 23.2. The zero-order valence-corrected chi connectivity index (χ0v) is 16.5. The smallest absolute Gasteiger partial charge is 0.177 e. The maximum Gasteiger partial charge on any atom is 0.177 e. The number of hydrogen-bond acceptors (Lipinski definition) is 6. The quantitative estimate of drug-likeness (QED) is 0.0960. The number of nitrogens with two attached hydrogens (primary N) is 4. The van der Waals surface area contributed by atoms with Crippen molar-refractivity contribution in [2.75, 3.05) is 11.5 Å². The molecular formula is C12H29IN6S2. The maximum absolute atomic E-state index is 5.48. The van der Waals surface area contributed by atoms with E-state index in [9.17, 15) is 0 Å². The third-order valence-electron chi connectivity index (χ3n) is 2.79. The van der Waals surface area contributed by atoms with Crippen molar-refractivity contribution in [1.82, 2.24) is 0 Å². The van der Waals surface area contributed by atoms with E-state index < -0.39 is 0 Å². The van der Waals surface area contributed by atoms with Gasteiger partial charge in [-0.15, -0.1) is 24.0 Å². The summed E-state index contributed by atoms with van der Waals surface area (Å²) in [5.41, 5.74) is 11.0. The zero-order chi connectivity index (χ0) is 15.1. The molecule has 0 aromatic heterocycles. The zero-order valence-electron chi connectivity index (χ0n) is 12.5. The van der Waals surface area contributed by atoms with E-state index in [-0.39, 0.29) is 24.0 Å². The highest BCUT2D eigenvalue weighted by Gasteiger charge is 1.96. The summed E-state index contributed by atoms with van der Waals surface area (Å²) >= 11 is 3.06. The molecule has 0 atom stereocenters. The van der Waals surface area contributed by atoms with E-state index in [4.69, 9.17) is 23.2 Å². The molecule has 0 heterocycles. The fraction of sp³-hybridized carbons (Fsp3) is 0.833. The molecular weight excluding hydrogens is 419 g/mol. The number of hydrogen-bond donors (Lipinski definition) is 4. The van der Waals surface area contributed by atoms with Crippen LogP contribution in [-0.2, 0) is 0 Å². The minimum Gasteiger partial charge on any atom is -0.377 e. The number of hydrazone groups is 2. The summed E-state index contributed by atoms with van der Waals surface area (Å²) in [4.78, 5) is 0. The van der Waals surface area contributed by atoms with Crippen LogP contribution in [0.5, 0.6) is 0 Å². The SMILES string of the molecule is I.NN=C(N)SCCCCCCCCCCSC(N)=NN. The molecule has 0 amide bonds. The summed E-state index contributed by atoms with van der Waals surface area (Å²) in [5, 5.41) is 7.79. The second-order valence-electron chi connectivity index (χ2n) is 4.46. The molecule has 21 heavy (non-hydrogen) atoms. The minimum absolute atomic E-state index is 0. The van der Waals surface area contributed by atoms with Gasteiger partial charge in [-0.3, -0.25) is 0 Å². The van der Waals surface area contributed by atoms with Gasteiger partial charge in [-0.2, -0.15) is 10.2 Å². The minimum atomic E-state index is 0. The third-order valence-corrected chi connectivity index (χ3v) is 4.58. The number of halogens is 1. The summed E-state index contributed by atoms with van der Waals surface area (Å²) in [6.45, 7) is 0. The molecule has 0 rings (SSSR count). The van der Waals surface area contributed by atoms with Crippen LogP contribution in [0.2, 0.25) is 0 Å². The molecule has 0 radical (unpaired) electrons. The van der Waals surface area contributed by atoms with Gasteiger partial charge in [0.05, 0.1) is 0 Å². The molecule has 0 aliphatic rings. The highest BCUT2D eigenvalue weighted by atomic mass is 127. The number of rotatable bonds is 11. The Kier molecular flexibility index (Phi) is 19.9. The van der Waals surface area contributed by atoms with Gasteiger partial charge >= 0.3 is 0 Å². The van der Waals surface area contributed by atoms with Crippen LogP contribution in [0, 0.1) is 0 Å². The first-order valence-electron chi connectivity index (χ1n) is 7.03. The Hall–Kier alpha value is -0.0300. The van der Waals surface area contributed by atoms with Crippen LogP contribution >= 0.6 is 47.5 Å². The Morgan fingerprint density at radius 2 is 0.905 bits per heavy atom. The lowest BCUT2D eigenvalue weighted by Crippen LogP contribution is -2.09. The van der Waals surface area contributed by atoms with E-state index >= 15 is 0 Å². The van der Waals surface area contributed by atoms with Gasteiger partial charge in [-0.25, -0.2) is 0 Å². The van der Waals surface area contributed by atoms with E-state index in [1.807, 2.05) is 0 Å². The average Bonchev–Trinajstić information content (AvgIpc) is 2.47. The average molecular weight is 448 g/mol. The van der Waals surface area contributed by atoms with Crippen LogP contribution in [-0.4, -0.2) is 21.8 Å². The van der Waals surface area contributed by atoms with Crippen LogP contribution in [0.4, 0.5) is 0 Å². The first-order chi connectivity index (χ1) is 9.70. The van der Waals surface area contributed by atoms with Gasteiger partial charge in [0, 0.05) is 11.5 Å². The number of amidine groups is 2. The standard InChI is InChI=1S/C12H28N6S2.HI/c13-11(17-15)19-9-7-5-3-1-2-4-6-8-10-20-12(14)18-16;/h1-10,15-16H2,(H2,13,17)(H2,14,18);1H. The van der Waals surface area contributed by atoms with E-state index in [0.717, 1.165) is 11.5 Å². The Labute approximate surface area is 153 Å². The molecule has 0 saturated heterocycles. The van der Waals surface area contributed by atoms with Crippen molar-refractivity contribution in [3.8, 4) is 0 Å². The van der Waals surface area contributed by atoms with Crippen molar-refractivity contribution >= 4 is 57.8 Å². The molecule has 0 saturated carbocycles. The highest BCUT2D eigenvalue weighted by Crippen LogP contribution is 2.12. The second-order valence-corrected chi connectivity index (χ2v) is 6.69. The van der Waals surface area contributed by atoms with Crippen molar-refractivity contribution < 1.29 is 0 Å². The lowest BCUT2D eigenvalue weighted by atomic mass is 10.1. The summed E-state index contributed by atoms with van der Waals surface area (Å²) in [6, 6.07) is 0. The van der Waals surface area contributed by atoms with Crippen molar-refractivity contribution in [2.45, 2.75) is 51.4 Å². The molecule has 0 aromatic rings. The Bertz CT molecular complexity index is 261. The van der Waals surface area contributed by atoms with Crippen LogP contribution in [0.3, 0.4) is 0 Å². The third kappa shape index (κ3) is 17.9. The lowest BCUT2D eigenvalue weighted by Gasteiger charge is -2.02. The first-order valence-corrected chi connectivity index (χ1v) is 9.00. The van der Waals surface area contributed by atoms with Crippen molar-refractivity contribution in [1.29, 1.82) is 0 Å². The Morgan fingerprint density at radius 1 is 0.619 bits per heavy atom. The van der Waals surface area contributed by atoms with Gasteiger partial charge in [-0.1, -0.05) is 62.0 Å². The van der Waals surface area contributed by atoms with Crippen molar-refractivity contribution in [2.24, 2.45) is 33.4 Å². The van der Waals surface area contributed by atoms with Crippen molar-refractivity contribution in [3.63, 3.8) is 0 Å². The van der Waals surface area contributed by atoms with E-state index in [1.165, 1.54) is 74.9 Å². The van der Waals surface area contributed by atoms with Gasteiger partial charge in [0.2, 0.25) is 0 Å². The number of nitrogens with zero attached hydrogens (tertiary/aromatic N) is 2. The molecule has 0 unspecified atom stereocenters. The van der Waals surface area contributed by atoms with Crippen LogP contribution in [0.15, 0.2) is 10.2 Å². The molecule has 8 N–H and O–H groups in total. The molecule has 0 aromatic carbocycles. The summed E-state index contributed by atoms with van der Waals surface area (Å²) < 4.78 is 0. The summed E-state index contributed by atoms with van der Waals surface area (Å²) in [6.07, 6.45) is 10.1. The molecule has 0 bridgehead atoms. The molecule has 6 nitrogen and oxygen atoms in total. The summed E-state index contributed by atoms with van der Waals surface area (Å²) in [7, 11) is 0. The van der Waals surface area contributed by atoms with E-state index in [0.29, 0.717) is 10.3 Å². The van der Waals surface area contributed by atoms with Crippen LogP contribution < -0.4 is 23.2 Å². The maximum atomic E-state index is 5.48. The number of thioether (sulfide) groups is 2. The normalized spacial score (nSPS) is 12.2. The fourth-order valence-electron chi connectivity index (χ4n) is 1.69. The number of unbranched alkanes of at least 4 members (excludes halogenated alkanes) is 7. The molecule has 0 aliphatic heterocycles. The van der Waals surface area contributed by atoms with Gasteiger partial charge in [0.1, 0.15) is 0 Å². The molecule has 126 valence electrons. The predicted molar refractivity (Wildman–Crippen MR) is 109 cm³/mol. The Balaban J connectivity index is 0. The summed E-state index contributed by atoms with van der Waals surface area (Å²) in [5.74, 6) is 12.1. The van der Waals surface area contributed by atoms with Crippen LogP contribution in [0.1, 0.15) is 51.4 Å².